The number of aliphatic hydroxyl groups excluding tert-OH is 1. The Bertz CT molecular complexity index is 2070. The maximum absolute atomic E-state index is 14.2. The number of rotatable bonds is 3. The van der Waals surface area contributed by atoms with E-state index in [9.17, 15) is 24.6 Å². The zero-order valence-corrected chi connectivity index (χ0v) is 33.5. The van der Waals surface area contributed by atoms with E-state index in [4.69, 9.17) is 13.6 Å². The fourth-order valence-electron chi connectivity index (χ4n) is 12.6. The van der Waals surface area contributed by atoms with Gasteiger partial charge >= 0.3 is 11.6 Å². The molecule has 0 radical (unpaired) electrons. The normalized spacial score (nSPS) is 38.9. The van der Waals surface area contributed by atoms with Crippen LogP contribution >= 0.6 is 0 Å². The van der Waals surface area contributed by atoms with E-state index in [2.05, 4.69) is 41.5 Å². The van der Waals surface area contributed by atoms with Crippen LogP contribution in [0.2, 0.25) is 0 Å². The van der Waals surface area contributed by atoms with Crippen molar-refractivity contribution in [1.29, 1.82) is 0 Å². The molecule has 4 fully saturated rings. The van der Waals surface area contributed by atoms with Crippen molar-refractivity contribution in [3.05, 3.63) is 52.1 Å². The number of benzene rings is 1. The number of carboxylic acids is 1. The lowest BCUT2D eigenvalue weighted by Gasteiger charge is -2.70. The molecule has 9 atom stereocenters. The average molecular weight is 729 g/mol. The van der Waals surface area contributed by atoms with Gasteiger partial charge in [0.2, 0.25) is 0 Å². The number of methoxy groups -OCH3 is 1. The second-order valence-electron chi connectivity index (χ2n) is 19.7. The molecular weight excluding hydrogens is 668 g/mol. The highest BCUT2D eigenvalue weighted by Crippen LogP contribution is 2.75. The van der Waals surface area contributed by atoms with Gasteiger partial charge in [-0.25, -0.2) is 4.79 Å². The summed E-state index contributed by atoms with van der Waals surface area (Å²) in [5.41, 5.74) is 0.964. The first-order valence-electron chi connectivity index (χ1n) is 19.9. The molecule has 8 rings (SSSR count). The lowest BCUT2D eigenvalue weighted by Crippen LogP contribution is -2.66. The van der Waals surface area contributed by atoms with E-state index in [0.717, 1.165) is 73.6 Å². The fraction of sp³-hybridized carbons (Fsp3) is 0.667. The van der Waals surface area contributed by atoms with Crippen molar-refractivity contribution >= 4 is 33.7 Å². The third-order valence-electron chi connectivity index (χ3n) is 16.2. The molecule has 8 heteroatoms. The Morgan fingerprint density at radius 3 is 2.25 bits per heavy atom. The number of allylic oxidation sites excluding steroid dienone is 2. The molecule has 288 valence electrons. The summed E-state index contributed by atoms with van der Waals surface area (Å²) in [6.07, 6.45) is 9.95. The van der Waals surface area contributed by atoms with Gasteiger partial charge in [0, 0.05) is 29.4 Å². The molecule has 2 aromatic heterocycles. The second-order valence-corrected chi connectivity index (χ2v) is 19.7. The fourth-order valence-corrected chi connectivity index (χ4v) is 12.6. The lowest BCUT2D eigenvalue weighted by atomic mass is 9.33. The van der Waals surface area contributed by atoms with Gasteiger partial charge in [-0.1, -0.05) is 61.0 Å². The Hall–Kier alpha value is -3.39. The molecule has 4 saturated carbocycles. The summed E-state index contributed by atoms with van der Waals surface area (Å²) in [5, 5.41) is 22.7. The van der Waals surface area contributed by atoms with Crippen molar-refractivity contribution in [1.82, 2.24) is 0 Å². The Morgan fingerprint density at radius 1 is 0.887 bits per heavy atom. The van der Waals surface area contributed by atoms with Gasteiger partial charge < -0.3 is 23.8 Å². The van der Waals surface area contributed by atoms with Crippen LogP contribution < -0.4 is 10.4 Å². The Labute approximate surface area is 313 Å². The van der Waals surface area contributed by atoms with Gasteiger partial charge in [0.25, 0.3) is 0 Å². The molecule has 3 aromatic rings. The number of ether oxygens (including phenoxy) is 1. The number of ketones is 1. The highest BCUT2D eigenvalue weighted by Gasteiger charge is 2.70. The summed E-state index contributed by atoms with van der Waals surface area (Å²) in [4.78, 5) is 37.7. The summed E-state index contributed by atoms with van der Waals surface area (Å²) >= 11 is 0. The predicted molar refractivity (Wildman–Crippen MR) is 206 cm³/mol. The van der Waals surface area contributed by atoms with Gasteiger partial charge in [-0.05, 0) is 122 Å². The van der Waals surface area contributed by atoms with E-state index in [1.54, 1.807) is 19.2 Å². The van der Waals surface area contributed by atoms with E-state index in [0.29, 0.717) is 23.5 Å². The molecule has 8 nitrogen and oxygen atoms in total. The van der Waals surface area contributed by atoms with Crippen LogP contribution in [-0.4, -0.2) is 35.2 Å². The van der Waals surface area contributed by atoms with Crippen molar-refractivity contribution in [2.45, 2.75) is 132 Å². The molecule has 53 heavy (non-hydrogen) atoms. The molecule has 1 aromatic carbocycles. The number of hydrogen-bond donors (Lipinski definition) is 2. The van der Waals surface area contributed by atoms with Gasteiger partial charge in [0.05, 0.1) is 24.0 Å². The number of fused-ring (bicyclic) bond motifs is 9. The van der Waals surface area contributed by atoms with E-state index in [1.165, 1.54) is 11.6 Å². The van der Waals surface area contributed by atoms with Crippen LogP contribution in [0, 0.1) is 50.2 Å². The van der Waals surface area contributed by atoms with E-state index in [1.807, 2.05) is 32.9 Å². The number of aliphatic carboxylic acids is 1. The molecule has 2 N–H and O–H groups in total. The van der Waals surface area contributed by atoms with Crippen molar-refractivity contribution in [3.63, 3.8) is 0 Å². The Morgan fingerprint density at radius 2 is 1.58 bits per heavy atom. The maximum Gasteiger partial charge on any atom is 0.336 e. The highest BCUT2D eigenvalue weighted by molar-refractivity contribution is 5.97. The zero-order chi connectivity index (χ0) is 38.7. The number of carbonyl (C=O) groups excluding carboxylic acids is 1. The number of aliphatic hydroxyl groups is 1. The van der Waals surface area contributed by atoms with Gasteiger partial charge in [-0.3, -0.25) is 9.59 Å². The van der Waals surface area contributed by atoms with Gasteiger partial charge in [0.1, 0.15) is 16.9 Å². The van der Waals surface area contributed by atoms with Crippen LogP contribution in [0.4, 0.5) is 0 Å². The quantitative estimate of drug-likeness (QED) is 0.255. The minimum absolute atomic E-state index is 0.0296. The summed E-state index contributed by atoms with van der Waals surface area (Å²) < 4.78 is 16.4. The molecular formula is C45H60O8. The number of carbonyl (C=O) groups is 2. The highest BCUT2D eigenvalue weighted by atomic mass is 16.5. The molecule has 0 bridgehead atoms. The van der Waals surface area contributed by atoms with Crippen LogP contribution in [0.25, 0.3) is 21.9 Å². The molecule has 5 aliphatic carbocycles. The molecule has 0 spiro atoms. The van der Waals surface area contributed by atoms with Gasteiger partial charge in [-0.2, -0.15) is 0 Å². The van der Waals surface area contributed by atoms with Crippen LogP contribution in [0.3, 0.4) is 0 Å². The standard InChI is InChI=1S/C30H46O4.C15H14O4/c1-25(2)21-8-11-30(7)23(28(21,5)10-9-22(25)32)20(31)16-18-19-17-27(4,24(33)34)13-12-26(19,3)14-15-29(18,30)6;1-8(2)14-15(17-3)10-6-9-4-5-13(16)18-11(9)7-12(10)19-14/h16,19,21-23,32H,8-15,17H2,1-7H3,(H,33,34);4-8H,1-3H3. The molecule has 0 aliphatic heterocycles. The first kappa shape index (κ1) is 37.9. The third-order valence-corrected chi connectivity index (χ3v) is 16.2. The van der Waals surface area contributed by atoms with E-state index < -0.39 is 11.4 Å². The minimum Gasteiger partial charge on any atom is -0.492 e. The van der Waals surface area contributed by atoms with E-state index in [-0.39, 0.29) is 62.3 Å². The maximum atomic E-state index is 14.2. The first-order chi connectivity index (χ1) is 24.6. The Balaban J connectivity index is 0.000000193. The van der Waals surface area contributed by atoms with Crippen molar-refractivity contribution in [3.8, 4) is 5.75 Å². The average Bonchev–Trinajstić information content (AvgIpc) is 3.45. The summed E-state index contributed by atoms with van der Waals surface area (Å²) in [6, 6.07) is 6.80. The van der Waals surface area contributed by atoms with Crippen molar-refractivity contribution in [2.24, 2.45) is 50.2 Å². The number of carboxylic acid groups (broad SMARTS) is 1. The monoisotopic (exact) mass is 728 g/mol. The lowest BCUT2D eigenvalue weighted by molar-refractivity contribution is -0.202. The zero-order valence-electron chi connectivity index (χ0n) is 33.5. The SMILES string of the molecule is CC1(C(=O)O)CCC2(C)CCC3(C)C(=CC(=O)C4C5(C)CCC(O)C(C)(C)C5CCC43C)C2C1.COc1c(C(C)C)oc2cc3oc(=O)ccc3cc12. The summed E-state index contributed by atoms with van der Waals surface area (Å²) in [5.74, 6) is 1.83. The summed E-state index contributed by atoms with van der Waals surface area (Å²) in [6.45, 7) is 19.9. The summed E-state index contributed by atoms with van der Waals surface area (Å²) in [7, 11) is 1.63. The van der Waals surface area contributed by atoms with E-state index >= 15 is 0 Å². The molecule has 0 saturated heterocycles. The smallest absolute Gasteiger partial charge is 0.336 e. The predicted octanol–water partition coefficient (Wildman–Crippen LogP) is 10.1. The number of furan rings is 1. The van der Waals surface area contributed by atoms with Crippen LogP contribution in [0.1, 0.15) is 132 Å². The van der Waals surface area contributed by atoms with Crippen molar-refractivity contribution in [2.75, 3.05) is 7.11 Å². The number of hydrogen-bond acceptors (Lipinski definition) is 7. The minimum atomic E-state index is -0.711. The largest absolute Gasteiger partial charge is 0.492 e. The Kier molecular flexibility index (Phi) is 8.80. The van der Waals surface area contributed by atoms with Crippen LogP contribution in [0.5, 0.6) is 5.75 Å². The topological polar surface area (TPSA) is 127 Å². The first-order valence-corrected chi connectivity index (χ1v) is 19.9. The third kappa shape index (κ3) is 5.42. The molecule has 0 amide bonds. The van der Waals surface area contributed by atoms with Crippen LogP contribution in [0.15, 0.2) is 49.5 Å². The second kappa shape index (κ2) is 12.3. The molecule has 9 unspecified atom stereocenters. The van der Waals surface area contributed by atoms with Gasteiger partial charge in [-0.15, -0.1) is 0 Å². The molecule has 5 aliphatic rings. The van der Waals surface area contributed by atoms with Crippen LogP contribution in [-0.2, 0) is 9.59 Å². The van der Waals surface area contributed by atoms with Crippen molar-refractivity contribution < 1.29 is 33.4 Å². The molecule has 2 heterocycles. The van der Waals surface area contributed by atoms with Gasteiger partial charge in [0.15, 0.2) is 11.5 Å².